The lowest BCUT2D eigenvalue weighted by atomic mass is 10.7. The van der Waals surface area contributed by atoms with Gasteiger partial charge in [0, 0.05) is 0 Å². The fraction of sp³-hybridized carbons (Fsp3) is 0.636. The molecule has 0 spiro atoms. The Bertz CT molecular complexity index is 944. The van der Waals surface area contributed by atoms with Crippen LogP contribution in [0.2, 0.25) is 0 Å². The Hall–Kier alpha value is -1.57. The highest BCUT2D eigenvalue weighted by molar-refractivity contribution is 8.29. The molecule has 0 aliphatic rings. The maximum absolute atomic E-state index is 12.0. The van der Waals surface area contributed by atoms with Crippen LogP contribution in [0, 0.1) is 3.91 Å². The molecule has 0 radical (unpaired) electrons. The summed E-state index contributed by atoms with van der Waals surface area (Å²) in [6.07, 6.45) is 6.28. The van der Waals surface area contributed by atoms with Gasteiger partial charge >= 0.3 is 16.5 Å². The highest BCUT2D eigenvalue weighted by Crippen LogP contribution is 2.47. The number of hydrogen-bond acceptors (Lipinski definition) is 6. The first kappa shape index (κ1) is 29.4. The van der Waals surface area contributed by atoms with Crippen LogP contribution in [-0.4, -0.2) is 46.3 Å². The van der Waals surface area contributed by atoms with Crippen molar-refractivity contribution in [2.45, 2.75) is 43.5 Å². The number of aromatic nitrogens is 2. The largest absolute Gasteiger partial charge is 0.470 e. The first-order chi connectivity index (χ1) is 13.5. The first-order valence-electron chi connectivity index (χ1n) is 7.34. The Morgan fingerprint density at radius 1 is 0.742 bits per heavy atom. The summed E-state index contributed by atoms with van der Waals surface area (Å²) in [6, 6.07) is 0. The van der Waals surface area contributed by atoms with Gasteiger partial charge in [-0.1, -0.05) is 0 Å². The summed E-state index contributed by atoms with van der Waals surface area (Å²) in [6.45, 7) is 6.40. The third kappa shape index (κ3) is 6.24. The minimum absolute atomic E-state index is 1.06. The molecule has 0 bridgehead atoms. The highest BCUT2D eigenvalue weighted by atomic mass is 32.3. The predicted molar refractivity (Wildman–Crippen MR) is 84.1 cm³/mol. The number of imidazole rings is 1. The molecule has 0 fully saturated rings. The number of rotatable bonds is 5. The number of nitrogens with zero attached hydrogens (tertiary/aromatic N) is 2. The highest BCUT2D eigenvalue weighted by Gasteiger charge is 2.63. The van der Waals surface area contributed by atoms with Crippen LogP contribution in [0.1, 0.15) is 13.8 Å². The zero-order valence-corrected chi connectivity index (χ0v) is 17.6. The van der Waals surface area contributed by atoms with Gasteiger partial charge in [-0.05, 0) is 13.8 Å². The van der Waals surface area contributed by atoms with E-state index >= 15 is 0 Å². The van der Waals surface area contributed by atoms with E-state index in [1.807, 2.05) is 0 Å². The number of halogens is 9. The summed E-state index contributed by atoms with van der Waals surface area (Å²) in [5.74, 6) is 0. The van der Waals surface area contributed by atoms with Crippen LogP contribution in [0.15, 0.2) is 18.7 Å². The molecular formula is C11H13F9N2O6S3. The molecular weight excluding hydrogens is 523 g/mol. The number of sulfone groups is 3. The predicted octanol–water partition coefficient (Wildman–Crippen LogP) is 2.05. The zero-order valence-electron chi connectivity index (χ0n) is 15.1. The van der Waals surface area contributed by atoms with Gasteiger partial charge in [-0.25, -0.2) is 9.13 Å². The molecule has 0 saturated heterocycles. The molecule has 20 heteroatoms. The second-order valence-corrected chi connectivity index (χ2v) is 11.6. The van der Waals surface area contributed by atoms with E-state index in [9.17, 15) is 64.8 Å². The van der Waals surface area contributed by atoms with E-state index < -0.39 is 50.0 Å². The summed E-state index contributed by atoms with van der Waals surface area (Å²) < 4.78 is 172. The SMILES string of the molecule is CCn1cc[n+](CC)c1.O=S(=O)([C-](S(=O)(=O)C(F)(F)F)S(=O)(=O)C(F)(F)F)C(F)(F)F. The molecule has 1 heterocycles. The molecule has 1 aromatic rings. The lowest BCUT2D eigenvalue weighted by Gasteiger charge is -2.31. The first-order valence-corrected chi connectivity index (χ1v) is 11.8. The van der Waals surface area contributed by atoms with E-state index in [1.165, 1.54) is 0 Å². The second kappa shape index (κ2) is 9.12. The van der Waals surface area contributed by atoms with Gasteiger partial charge in [0.1, 0.15) is 12.4 Å². The van der Waals surface area contributed by atoms with Crippen molar-refractivity contribution in [2.75, 3.05) is 0 Å². The second-order valence-electron chi connectivity index (χ2n) is 5.17. The number of alkyl halides is 9. The molecule has 31 heavy (non-hydrogen) atoms. The maximum Gasteiger partial charge on any atom is 0.470 e. The monoisotopic (exact) mass is 536 g/mol. The Labute approximate surface area is 170 Å². The molecule has 0 aromatic carbocycles. The minimum Gasteiger partial charge on any atom is -0.251 e. The van der Waals surface area contributed by atoms with Crippen molar-refractivity contribution in [3.8, 4) is 0 Å². The van der Waals surface area contributed by atoms with Gasteiger partial charge in [-0.15, -0.1) is 0 Å². The van der Waals surface area contributed by atoms with Crippen LogP contribution < -0.4 is 4.57 Å². The number of hydrogen-bond donors (Lipinski definition) is 0. The average Bonchev–Trinajstić information content (AvgIpc) is 2.99. The minimum atomic E-state index is -8.02. The molecule has 184 valence electrons. The Morgan fingerprint density at radius 3 is 1.23 bits per heavy atom. The quantitative estimate of drug-likeness (QED) is 0.324. The van der Waals surface area contributed by atoms with E-state index in [0.717, 1.165) is 13.1 Å². The van der Waals surface area contributed by atoms with E-state index in [-0.39, 0.29) is 0 Å². The van der Waals surface area contributed by atoms with Gasteiger partial charge in [-0.2, -0.15) is 39.5 Å². The normalized spacial score (nSPS) is 14.3. The van der Waals surface area contributed by atoms with E-state index in [0.29, 0.717) is 0 Å². The smallest absolute Gasteiger partial charge is 0.251 e. The van der Waals surface area contributed by atoms with Crippen LogP contribution in [0.4, 0.5) is 39.5 Å². The lowest BCUT2D eigenvalue weighted by molar-refractivity contribution is -0.693. The fourth-order valence-electron chi connectivity index (χ4n) is 1.53. The van der Waals surface area contributed by atoms with Crippen LogP contribution >= 0.6 is 0 Å². The third-order valence-electron chi connectivity index (χ3n) is 3.05. The van der Waals surface area contributed by atoms with Crippen LogP contribution in [-0.2, 0) is 42.6 Å². The summed E-state index contributed by atoms with van der Waals surface area (Å²) in [5.41, 5.74) is -21.2. The van der Waals surface area contributed by atoms with Crippen LogP contribution in [0.3, 0.4) is 0 Å². The summed E-state index contributed by atoms with van der Waals surface area (Å²) in [4.78, 5) is 0. The molecule has 0 unspecified atom stereocenters. The maximum atomic E-state index is 12.0. The molecule has 1 rings (SSSR count). The van der Waals surface area contributed by atoms with Crippen molar-refractivity contribution in [3.05, 3.63) is 22.6 Å². The van der Waals surface area contributed by atoms with Crippen molar-refractivity contribution in [2.24, 2.45) is 0 Å². The van der Waals surface area contributed by atoms with E-state index in [2.05, 4.69) is 41.7 Å². The van der Waals surface area contributed by atoms with Crippen molar-refractivity contribution < 1.29 is 69.3 Å². The van der Waals surface area contributed by atoms with Crippen molar-refractivity contribution in [1.29, 1.82) is 0 Å². The fourth-order valence-corrected chi connectivity index (χ4v) is 7.26. The van der Waals surface area contributed by atoms with Crippen molar-refractivity contribution in [1.82, 2.24) is 4.57 Å². The Morgan fingerprint density at radius 2 is 1.06 bits per heavy atom. The summed E-state index contributed by atoms with van der Waals surface area (Å²) >= 11 is 0. The van der Waals surface area contributed by atoms with Gasteiger partial charge in [-0.3, -0.25) is 25.3 Å². The van der Waals surface area contributed by atoms with Crippen molar-refractivity contribution in [3.63, 3.8) is 0 Å². The third-order valence-corrected chi connectivity index (χ3v) is 10.1. The zero-order chi connectivity index (χ0) is 25.3. The Kier molecular flexibility index (Phi) is 8.66. The Balaban J connectivity index is 0.000000823. The van der Waals surface area contributed by atoms with Gasteiger partial charge in [0.15, 0.2) is 29.5 Å². The van der Waals surface area contributed by atoms with Crippen LogP contribution in [0.5, 0.6) is 0 Å². The lowest BCUT2D eigenvalue weighted by Crippen LogP contribution is -2.47. The van der Waals surface area contributed by atoms with Crippen LogP contribution in [0.25, 0.3) is 0 Å². The molecule has 0 amide bonds. The molecule has 0 N–H and O–H groups in total. The summed E-state index contributed by atoms with van der Waals surface area (Å²) in [5, 5.41) is 0. The van der Waals surface area contributed by atoms with Gasteiger partial charge in [0.05, 0.1) is 17.0 Å². The van der Waals surface area contributed by atoms with Crippen molar-refractivity contribution >= 4 is 29.5 Å². The topological polar surface area (TPSA) is 111 Å². The van der Waals surface area contributed by atoms with E-state index in [4.69, 9.17) is 0 Å². The van der Waals surface area contributed by atoms with E-state index in [1.54, 1.807) is 0 Å². The molecule has 0 aliphatic heterocycles. The molecule has 8 nitrogen and oxygen atoms in total. The molecule has 1 aromatic heterocycles. The molecule has 0 atom stereocenters. The average molecular weight is 536 g/mol. The molecule has 0 aliphatic carbocycles. The van der Waals surface area contributed by atoms with Gasteiger partial charge in [0.25, 0.3) is 0 Å². The standard InChI is InChI=1S/C7H13N2.C4F9O6S3/c1-3-8-5-6-9(4-2)7-8;5-2(6,7)20(14,15)1(21(16,17)3(8,9)10)22(18,19)4(11,12)13/h5-7H,3-4H2,1-2H3;/q+1;-1. The summed E-state index contributed by atoms with van der Waals surface area (Å²) in [7, 11) is -24.1. The number of aryl methyl sites for hydroxylation is 2. The van der Waals surface area contributed by atoms with Gasteiger partial charge in [0.2, 0.25) is 6.33 Å². The van der Waals surface area contributed by atoms with Gasteiger partial charge < -0.3 is 0 Å². The molecule has 0 saturated carbocycles.